The number of hydrogen-bond acceptors (Lipinski definition) is 6. The van der Waals surface area contributed by atoms with Crippen molar-refractivity contribution in [3.63, 3.8) is 0 Å². The zero-order chi connectivity index (χ0) is 25.8. The number of methoxy groups -OCH3 is 1. The Bertz CT molecular complexity index is 1070. The summed E-state index contributed by atoms with van der Waals surface area (Å²) < 4.78 is 16.3. The van der Waals surface area contributed by atoms with Gasteiger partial charge >= 0.3 is 12.0 Å². The van der Waals surface area contributed by atoms with E-state index in [0.29, 0.717) is 43.4 Å². The molecule has 0 aromatic heterocycles. The largest absolute Gasteiger partial charge is 0.497 e. The van der Waals surface area contributed by atoms with E-state index in [9.17, 15) is 14.7 Å². The lowest BCUT2D eigenvalue weighted by atomic mass is 9.82. The number of carbonyl (C=O) groups is 2. The highest BCUT2D eigenvalue weighted by Gasteiger charge is 2.47. The predicted octanol–water partition coefficient (Wildman–Crippen LogP) is 3.66. The third kappa shape index (κ3) is 5.21. The molecule has 1 N–H and O–H groups in total. The van der Waals surface area contributed by atoms with E-state index in [0.717, 1.165) is 17.5 Å². The van der Waals surface area contributed by atoms with Crippen LogP contribution in [0.2, 0.25) is 0 Å². The molecule has 2 aromatic carbocycles. The maximum absolute atomic E-state index is 12.7. The summed E-state index contributed by atoms with van der Waals surface area (Å²) in [5, 5.41) is 10.4. The Balaban J connectivity index is 1.67. The van der Waals surface area contributed by atoms with Crippen LogP contribution in [0.1, 0.15) is 36.4 Å². The number of rotatable bonds is 9. The van der Waals surface area contributed by atoms with E-state index in [-0.39, 0.29) is 24.8 Å². The average molecular weight is 498 g/mol. The number of carbonyl (C=O) groups excluding carboxylic acids is 1. The van der Waals surface area contributed by atoms with Crippen molar-refractivity contribution in [1.29, 1.82) is 0 Å². The van der Waals surface area contributed by atoms with Crippen LogP contribution < -0.4 is 14.2 Å². The first kappa shape index (κ1) is 25.6. The highest BCUT2D eigenvalue weighted by Crippen LogP contribution is 2.47. The molecule has 9 nitrogen and oxygen atoms in total. The van der Waals surface area contributed by atoms with Crippen molar-refractivity contribution in [3.8, 4) is 17.2 Å². The van der Waals surface area contributed by atoms with Gasteiger partial charge in [-0.2, -0.15) is 0 Å². The minimum atomic E-state index is -0.851. The zero-order valence-corrected chi connectivity index (χ0v) is 21.3. The van der Waals surface area contributed by atoms with Crippen molar-refractivity contribution in [2.45, 2.75) is 25.3 Å². The van der Waals surface area contributed by atoms with E-state index in [2.05, 4.69) is 4.90 Å². The summed E-state index contributed by atoms with van der Waals surface area (Å²) in [6, 6.07) is 12.9. The molecule has 0 spiro atoms. The zero-order valence-electron chi connectivity index (χ0n) is 21.3. The van der Waals surface area contributed by atoms with E-state index in [1.807, 2.05) is 54.3 Å². The van der Waals surface area contributed by atoms with Crippen molar-refractivity contribution in [1.82, 2.24) is 14.7 Å². The van der Waals surface area contributed by atoms with E-state index in [4.69, 9.17) is 14.2 Å². The SMILES string of the molecule is CCCN(CCN1CC(c2ccc3c(c2)OCO3)C(C(=O)O)C1c1ccc(OC)cc1)C(=O)N(C)C. The Morgan fingerprint density at radius 1 is 1.06 bits per heavy atom. The fraction of sp³-hybridized carbons (Fsp3) is 0.481. The second kappa shape index (κ2) is 11.1. The molecule has 0 radical (unpaired) electrons. The molecule has 3 unspecified atom stereocenters. The number of ether oxygens (including phenoxy) is 3. The number of hydrogen-bond donors (Lipinski definition) is 1. The Kier molecular flexibility index (Phi) is 7.88. The quantitative estimate of drug-likeness (QED) is 0.565. The number of benzene rings is 2. The monoisotopic (exact) mass is 497 g/mol. The van der Waals surface area contributed by atoms with Crippen LogP contribution in [0, 0.1) is 5.92 Å². The lowest BCUT2D eigenvalue weighted by molar-refractivity contribution is -0.143. The fourth-order valence-corrected chi connectivity index (χ4v) is 5.25. The number of carboxylic acid groups (broad SMARTS) is 1. The molecular formula is C27H35N3O6. The topological polar surface area (TPSA) is 91.8 Å². The van der Waals surface area contributed by atoms with Crippen molar-refractivity contribution in [2.24, 2.45) is 5.92 Å². The van der Waals surface area contributed by atoms with E-state index in [1.165, 1.54) is 0 Å². The summed E-state index contributed by atoms with van der Waals surface area (Å²) in [7, 11) is 5.10. The van der Waals surface area contributed by atoms with Crippen molar-refractivity contribution >= 4 is 12.0 Å². The first-order valence-electron chi connectivity index (χ1n) is 12.3. The molecule has 2 amide bonds. The van der Waals surface area contributed by atoms with Crippen LogP contribution in [-0.4, -0.2) is 86.0 Å². The van der Waals surface area contributed by atoms with Crippen LogP contribution in [-0.2, 0) is 4.79 Å². The minimum Gasteiger partial charge on any atom is -0.497 e. The van der Waals surface area contributed by atoms with Gasteiger partial charge in [0.2, 0.25) is 6.79 Å². The fourth-order valence-electron chi connectivity index (χ4n) is 5.25. The van der Waals surface area contributed by atoms with Gasteiger partial charge in [-0.3, -0.25) is 9.69 Å². The molecule has 0 bridgehead atoms. The molecule has 36 heavy (non-hydrogen) atoms. The minimum absolute atomic E-state index is 0.0425. The molecule has 0 saturated carbocycles. The van der Waals surface area contributed by atoms with Crippen molar-refractivity contribution in [2.75, 3.05) is 54.2 Å². The summed E-state index contributed by atoms with van der Waals surface area (Å²) in [5.41, 5.74) is 1.81. The summed E-state index contributed by atoms with van der Waals surface area (Å²) in [6.45, 7) is 4.47. The Hall–Kier alpha value is -3.46. The normalized spacial score (nSPS) is 20.8. The maximum atomic E-state index is 12.7. The number of carboxylic acids is 1. The molecule has 3 atom stereocenters. The Morgan fingerprint density at radius 3 is 2.39 bits per heavy atom. The first-order valence-corrected chi connectivity index (χ1v) is 12.3. The maximum Gasteiger partial charge on any atom is 0.319 e. The van der Waals surface area contributed by atoms with Crippen molar-refractivity contribution in [3.05, 3.63) is 53.6 Å². The van der Waals surface area contributed by atoms with Gasteiger partial charge in [-0.05, 0) is 41.8 Å². The van der Waals surface area contributed by atoms with Gasteiger partial charge in [0, 0.05) is 52.2 Å². The third-order valence-electron chi connectivity index (χ3n) is 6.97. The predicted molar refractivity (Wildman–Crippen MR) is 135 cm³/mol. The van der Waals surface area contributed by atoms with Gasteiger partial charge in [-0.25, -0.2) is 4.79 Å². The molecule has 1 saturated heterocycles. The molecule has 0 aliphatic carbocycles. The molecule has 1 fully saturated rings. The highest BCUT2D eigenvalue weighted by atomic mass is 16.7. The number of likely N-dealkylation sites (tertiary alicyclic amines) is 1. The van der Waals surface area contributed by atoms with Gasteiger partial charge < -0.3 is 29.1 Å². The molecule has 2 aromatic rings. The average Bonchev–Trinajstić information content (AvgIpc) is 3.50. The van der Waals surface area contributed by atoms with Crippen LogP contribution in [0.15, 0.2) is 42.5 Å². The van der Waals surface area contributed by atoms with Gasteiger partial charge in [0.15, 0.2) is 11.5 Å². The number of aliphatic carboxylic acids is 1. The Morgan fingerprint density at radius 2 is 1.75 bits per heavy atom. The van der Waals surface area contributed by atoms with Gasteiger partial charge in [0.1, 0.15) is 5.75 Å². The summed E-state index contributed by atoms with van der Waals surface area (Å²) in [5.74, 6) is 0.242. The number of amides is 2. The molecule has 9 heteroatoms. The van der Waals surface area contributed by atoms with Gasteiger partial charge in [0.05, 0.1) is 13.0 Å². The number of nitrogens with zero attached hydrogens (tertiary/aromatic N) is 3. The molecule has 194 valence electrons. The van der Waals surface area contributed by atoms with Crippen LogP contribution in [0.25, 0.3) is 0 Å². The number of urea groups is 1. The lowest BCUT2D eigenvalue weighted by Gasteiger charge is -2.31. The molecular weight excluding hydrogens is 462 g/mol. The summed E-state index contributed by atoms with van der Waals surface area (Å²) in [4.78, 5) is 31.1. The summed E-state index contributed by atoms with van der Waals surface area (Å²) >= 11 is 0. The summed E-state index contributed by atoms with van der Waals surface area (Å²) in [6.07, 6.45) is 0.846. The third-order valence-corrected chi connectivity index (χ3v) is 6.97. The number of fused-ring (bicyclic) bond motifs is 1. The molecule has 2 aliphatic rings. The van der Waals surface area contributed by atoms with Gasteiger partial charge in [-0.1, -0.05) is 25.1 Å². The second-order valence-corrected chi connectivity index (χ2v) is 9.46. The molecule has 4 rings (SSSR count). The van der Waals surface area contributed by atoms with Gasteiger partial charge in [-0.15, -0.1) is 0 Å². The van der Waals surface area contributed by atoms with Crippen LogP contribution in [0.4, 0.5) is 4.79 Å². The van der Waals surface area contributed by atoms with E-state index >= 15 is 0 Å². The van der Waals surface area contributed by atoms with Crippen LogP contribution in [0.3, 0.4) is 0 Å². The Labute approximate surface area is 212 Å². The van der Waals surface area contributed by atoms with E-state index < -0.39 is 11.9 Å². The highest BCUT2D eigenvalue weighted by molar-refractivity contribution is 5.74. The standard InChI is InChI=1S/C27H35N3O6/c1-5-12-29(27(33)28(2)3)13-14-30-16-21(19-8-11-22-23(15-19)36-17-35-22)24(26(31)32)25(30)18-6-9-20(34-4)10-7-18/h6-11,15,21,24-25H,5,12-14,16-17H2,1-4H3,(H,31,32). The van der Waals surface area contributed by atoms with Gasteiger partial charge in [0.25, 0.3) is 0 Å². The van der Waals surface area contributed by atoms with Crippen molar-refractivity contribution < 1.29 is 28.9 Å². The van der Waals surface area contributed by atoms with E-state index in [1.54, 1.807) is 26.1 Å². The smallest absolute Gasteiger partial charge is 0.319 e. The lowest BCUT2D eigenvalue weighted by Crippen LogP contribution is -2.44. The molecule has 2 heterocycles. The molecule has 2 aliphatic heterocycles. The first-order chi connectivity index (χ1) is 17.3. The second-order valence-electron chi connectivity index (χ2n) is 9.46. The van der Waals surface area contributed by atoms with Crippen LogP contribution in [0.5, 0.6) is 17.2 Å². The van der Waals surface area contributed by atoms with Crippen LogP contribution >= 0.6 is 0 Å².